The van der Waals surface area contributed by atoms with Gasteiger partial charge in [-0.2, -0.15) is 9.37 Å². The third-order valence-electron chi connectivity index (χ3n) is 2.82. The second kappa shape index (κ2) is 5.86. The minimum absolute atomic E-state index is 0.0895. The van der Waals surface area contributed by atoms with Crippen molar-refractivity contribution in [3.8, 4) is 5.88 Å². The number of ether oxygens (including phenoxy) is 1. The lowest BCUT2D eigenvalue weighted by Crippen LogP contribution is -2.42. The smallest absolute Gasteiger partial charge is 0.317 e. The van der Waals surface area contributed by atoms with Gasteiger partial charge >= 0.3 is 6.03 Å². The van der Waals surface area contributed by atoms with Crippen LogP contribution in [0.2, 0.25) is 0 Å². The lowest BCUT2D eigenvalue weighted by molar-refractivity contribution is 0.180. The molecule has 2 heterocycles. The molecule has 1 unspecified atom stereocenters. The zero-order valence-electron chi connectivity index (χ0n) is 11.1. The molecular formula is C13H18FN3O2. The number of carbonyl (C=O) groups is 1. The molecule has 6 heteroatoms. The predicted molar refractivity (Wildman–Crippen MR) is 68.5 cm³/mol. The molecule has 104 valence electrons. The van der Waals surface area contributed by atoms with Crippen molar-refractivity contribution in [3.63, 3.8) is 0 Å². The van der Waals surface area contributed by atoms with Crippen LogP contribution in [-0.2, 0) is 0 Å². The van der Waals surface area contributed by atoms with Crippen LogP contribution in [-0.4, -0.2) is 41.2 Å². The number of urea groups is 1. The van der Waals surface area contributed by atoms with E-state index in [0.717, 1.165) is 6.42 Å². The third kappa shape index (κ3) is 3.81. The summed E-state index contributed by atoms with van der Waals surface area (Å²) in [5.41, 5.74) is 0. The van der Waals surface area contributed by atoms with Gasteiger partial charge in [0.25, 0.3) is 0 Å². The summed E-state index contributed by atoms with van der Waals surface area (Å²) in [5, 5.41) is 2.83. The van der Waals surface area contributed by atoms with E-state index < -0.39 is 5.95 Å². The SMILES string of the molecule is CC(C)NC(=O)N1CCC(Oc2cccc(F)n2)C1. The molecule has 0 aliphatic carbocycles. The van der Waals surface area contributed by atoms with Gasteiger partial charge in [0.15, 0.2) is 0 Å². The Morgan fingerprint density at radius 2 is 2.37 bits per heavy atom. The van der Waals surface area contributed by atoms with Crippen LogP contribution in [0.25, 0.3) is 0 Å². The van der Waals surface area contributed by atoms with Gasteiger partial charge < -0.3 is 15.0 Å². The maximum Gasteiger partial charge on any atom is 0.317 e. The highest BCUT2D eigenvalue weighted by Crippen LogP contribution is 2.16. The molecule has 0 spiro atoms. The number of amides is 2. The molecule has 1 aromatic rings. The van der Waals surface area contributed by atoms with E-state index in [4.69, 9.17) is 4.74 Å². The largest absolute Gasteiger partial charge is 0.472 e. The Labute approximate surface area is 111 Å². The highest BCUT2D eigenvalue weighted by molar-refractivity contribution is 5.74. The van der Waals surface area contributed by atoms with Crippen LogP contribution in [0.15, 0.2) is 18.2 Å². The van der Waals surface area contributed by atoms with Crippen molar-refractivity contribution in [2.24, 2.45) is 0 Å². The number of pyridine rings is 1. The molecule has 1 fully saturated rings. The summed E-state index contributed by atoms with van der Waals surface area (Å²) in [6, 6.07) is 4.45. The number of halogens is 1. The standard InChI is InChI=1S/C13H18FN3O2/c1-9(2)15-13(18)17-7-6-10(8-17)19-12-5-3-4-11(14)16-12/h3-5,9-10H,6-8H2,1-2H3,(H,15,18). The van der Waals surface area contributed by atoms with Crippen LogP contribution in [0.1, 0.15) is 20.3 Å². The molecule has 1 atom stereocenters. The summed E-state index contributed by atoms with van der Waals surface area (Å²) in [7, 11) is 0. The van der Waals surface area contributed by atoms with Crippen LogP contribution in [0, 0.1) is 5.95 Å². The number of rotatable bonds is 3. The first-order chi connectivity index (χ1) is 9.04. The van der Waals surface area contributed by atoms with Crippen molar-refractivity contribution in [2.75, 3.05) is 13.1 Å². The molecule has 1 aliphatic rings. The van der Waals surface area contributed by atoms with E-state index in [2.05, 4.69) is 10.3 Å². The fraction of sp³-hybridized carbons (Fsp3) is 0.538. The Bertz CT molecular complexity index is 453. The molecule has 1 N–H and O–H groups in total. The minimum atomic E-state index is -0.565. The van der Waals surface area contributed by atoms with Crippen LogP contribution in [0.5, 0.6) is 5.88 Å². The molecule has 0 aromatic carbocycles. The summed E-state index contributed by atoms with van der Waals surface area (Å²) in [4.78, 5) is 17.1. The average Bonchev–Trinajstić information content (AvgIpc) is 2.76. The summed E-state index contributed by atoms with van der Waals surface area (Å²) in [6.07, 6.45) is 0.594. The monoisotopic (exact) mass is 267 g/mol. The number of hydrogen-bond acceptors (Lipinski definition) is 3. The molecular weight excluding hydrogens is 249 g/mol. The molecule has 19 heavy (non-hydrogen) atoms. The third-order valence-corrected chi connectivity index (χ3v) is 2.82. The second-order valence-electron chi connectivity index (χ2n) is 4.88. The molecule has 1 aromatic heterocycles. The Kier molecular flexibility index (Phi) is 4.19. The van der Waals surface area contributed by atoms with Crippen LogP contribution < -0.4 is 10.1 Å². The van der Waals surface area contributed by atoms with Gasteiger partial charge in [0.05, 0.1) is 6.54 Å². The van der Waals surface area contributed by atoms with E-state index in [1.807, 2.05) is 13.8 Å². The van der Waals surface area contributed by atoms with Gasteiger partial charge in [-0.1, -0.05) is 6.07 Å². The normalized spacial score (nSPS) is 18.7. The van der Waals surface area contributed by atoms with Crippen LogP contribution in [0.3, 0.4) is 0 Å². The second-order valence-corrected chi connectivity index (χ2v) is 4.88. The number of carbonyl (C=O) groups excluding carboxylic acids is 1. The summed E-state index contributed by atoms with van der Waals surface area (Å²) >= 11 is 0. The van der Waals surface area contributed by atoms with Crippen LogP contribution >= 0.6 is 0 Å². The lowest BCUT2D eigenvalue weighted by atomic mass is 10.3. The number of aromatic nitrogens is 1. The fourth-order valence-electron chi connectivity index (χ4n) is 1.97. The van der Waals surface area contributed by atoms with E-state index in [-0.39, 0.29) is 24.1 Å². The first-order valence-corrected chi connectivity index (χ1v) is 6.39. The molecule has 0 saturated carbocycles. The molecule has 1 aliphatic heterocycles. The van der Waals surface area contributed by atoms with Gasteiger partial charge in [0.1, 0.15) is 6.10 Å². The van der Waals surface area contributed by atoms with Crippen molar-refractivity contribution in [1.29, 1.82) is 0 Å². The maximum atomic E-state index is 12.9. The molecule has 5 nitrogen and oxygen atoms in total. The van der Waals surface area contributed by atoms with Crippen molar-refractivity contribution >= 4 is 6.03 Å². The van der Waals surface area contributed by atoms with Gasteiger partial charge in [0.2, 0.25) is 11.8 Å². The number of nitrogens with zero attached hydrogens (tertiary/aromatic N) is 2. The highest BCUT2D eigenvalue weighted by atomic mass is 19.1. The van der Waals surface area contributed by atoms with Gasteiger partial charge in [-0.25, -0.2) is 4.79 Å². The molecule has 0 radical (unpaired) electrons. The zero-order valence-corrected chi connectivity index (χ0v) is 11.1. The zero-order chi connectivity index (χ0) is 13.8. The van der Waals surface area contributed by atoms with Crippen molar-refractivity contribution in [1.82, 2.24) is 15.2 Å². The number of likely N-dealkylation sites (tertiary alicyclic amines) is 1. The minimum Gasteiger partial charge on any atom is -0.472 e. The quantitative estimate of drug-likeness (QED) is 0.849. The first-order valence-electron chi connectivity index (χ1n) is 6.39. The van der Waals surface area contributed by atoms with Gasteiger partial charge in [0, 0.05) is 25.1 Å². The predicted octanol–water partition coefficient (Wildman–Crippen LogP) is 1.79. The van der Waals surface area contributed by atoms with E-state index >= 15 is 0 Å². The average molecular weight is 267 g/mol. The lowest BCUT2D eigenvalue weighted by Gasteiger charge is -2.19. The van der Waals surface area contributed by atoms with Gasteiger partial charge in [-0.15, -0.1) is 0 Å². The summed E-state index contributed by atoms with van der Waals surface area (Å²) < 4.78 is 18.5. The Morgan fingerprint density at radius 1 is 1.58 bits per heavy atom. The van der Waals surface area contributed by atoms with Crippen molar-refractivity contribution in [2.45, 2.75) is 32.4 Å². The molecule has 2 amide bonds. The van der Waals surface area contributed by atoms with Crippen molar-refractivity contribution in [3.05, 3.63) is 24.1 Å². The Hall–Kier alpha value is -1.85. The van der Waals surface area contributed by atoms with E-state index in [9.17, 15) is 9.18 Å². The van der Waals surface area contributed by atoms with E-state index in [1.54, 1.807) is 17.0 Å². The van der Waals surface area contributed by atoms with Gasteiger partial charge in [-0.05, 0) is 19.9 Å². The Morgan fingerprint density at radius 3 is 3.05 bits per heavy atom. The van der Waals surface area contributed by atoms with Crippen molar-refractivity contribution < 1.29 is 13.9 Å². The summed E-state index contributed by atoms with van der Waals surface area (Å²) in [6.45, 7) is 4.96. The van der Waals surface area contributed by atoms with Gasteiger partial charge in [-0.3, -0.25) is 0 Å². The molecule has 0 bridgehead atoms. The fourth-order valence-corrected chi connectivity index (χ4v) is 1.97. The Balaban J connectivity index is 1.87. The van der Waals surface area contributed by atoms with E-state index in [1.165, 1.54) is 6.07 Å². The maximum absolute atomic E-state index is 12.9. The topological polar surface area (TPSA) is 54.5 Å². The number of nitrogens with one attached hydrogen (secondary N) is 1. The van der Waals surface area contributed by atoms with Crippen LogP contribution in [0.4, 0.5) is 9.18 Å². The molecule has 2 rings (SSSR count). The van der Waals surface area contributed by atoms with E-state index in [0.29, 0.717) is 13.1 Å². The highest BCUT2D eigenvalue weighted by Gasteiger charge is 2.28. The molecule has 1 saturated heterocycles. The summed E-state index contributed by atoms with van der Waals surface area (Å²) in [5.74, 6) is -0.305. The number of hydrogen-bond donors (Lipinski definition) is 1. The first kappa shape index (κ1) is 13.6.